The number of benzene rings is 1. The van der Waals surface area contributed by atoms with Crippen LogP contribution in [0.1, 0.15) is 5.56 Å². The molecule has 0 bridgehead atoms. The van der Waals surface area contributed by atoms with E-state index in [0.29, 0.717) is 13.1 Å². The van der Waals surface area contributed by atoms with Crippen molar-refractivity contribution in [1.29, 1.82) is 0 Å². The number of carbonyl (C=O) groups excluding carboxylic acids is 1. The van der Waals surface area contributed by atoms with Crippen molar-refractivity contribution in [2.75, 3.05) is 20.2 Å². The summed E-state index contributed by atoms with van der Waals surface area (Å²) in [7, 11) is 0.0264. The van der Waals surface area contributed by atoms with E-state index in [1.807, 2.05) is 18.2 Å². The molecule has 23 heavy (non-hydrogen) atoms. The number of nitrogens with zero attached hydrogens (tertiary/aromatic N) is 1. The molecule has 0 saturated heterocycles. The van der Waals surface area contributed by atoms with Crippen LogP contribution in [0.3, 0.4) is 0 Å². The molecule has 0 amide bonds. The fraction of sp³-hybridized carbons (Fsp3) is 0.389. The molecule has 3 nitrogen and oxygen atoms in total. The van der Waals surface area contributed by atoms with Crippen molar-refractivity contribution in [3.63, 3.8) is 0 Å². The molecule has 0 atom stereocenters. The number of halogens is 1. The molecule has 0 radical (unpaired) electrons. The van der Waals surface area contributed by atoms with Crippen LogP contribution >= 0.6 is 22.6 Å². The first-order chi connectivity index (χ1) is 10.8. The van der Waals surface area contributed by atoms with Gasteiger partial charge < -0.3 is 4.74 Å². The Morgan fingerprint density at radius 2 is 1.96 bits per heavy atom. The fourth-order valence-corrected chi connectivity index (χ4v) is 3.22. The maximum absolute atomic E-state index is 11.4. The van der Waals surface area contributed by atoms with Crippen molar-refractivity contribution in [2.24, 2.45) is 0 Å². The second-order valence-corrected chi connectivity index (χ2v) is 12.4. The zero-order valence-corrected chi connectivity index (χ0v) is 17.4. The number of esters is 1. The van der Waals surface area contributed by atoms with Gasteiger partial charge in [0.05, 0.1) is 13.7 Å². The van der Waals surface area contributed by atoms with E-state index in [1.54, 1.807) is 0 Å². The Morgan fingerprint density at radius 3 is 2.52 bits per heavy atom. The monoisotopic (exact) mass is 441 g/mol. The molecule has 1 aromatic rings. The average Bonchev–Trinajstić information content (AvgIpc) is 2.46. The molecule has 0 unspecified atom stereocenters. The first kappa shape index (κ1) is 19.9. The highest BCUT2D eigenvalue weighted by molar-refractivity contribution is 14.1. The highest BCUT2D eigenvalue weighted by atomic mass is 127. The average molecular weight is 441 g/mol. The highest BCUT2D eigenvalue weighted by Crippen LogP contribution is 2.12. The normalized spacial score (nSPS) is 11.8. The molecule has 0 aliphatic rings. The van der Waals surface area contributed by atoms with Gasteiger partial charge in [0.15, 0.2) is 0 Å². The topological polar surface area (TPSA) is 29.5 Å². The Kier molecular flexibility index (Phi) is 8.59. The van der Waals surface area contributed by atoms with Crippen LogP contribution in [0.25, 0.3) is 0 Å². The minimum Gasteiger partial charge on any atom is -0.466 e. The molecule has 0 saturated carbocycles. The van der Waals surface area contributed by atoms with Gasteiger partial charge in [0.2, 0.25) is 0 Å². The van der Waals surface area contributed by atoms with Gasteiger partial charge in [-0.25, -0.2) is 4.79 Å². The smallest absolute Gasteiger partial charge is 0.331 e. The van der Waals surface area contributed by atoms with Crippen molar-refractivity contribution in [1.82, 2.24) is 4.90 Å². The number of methoxy groups -OCH3 is 1. The molecule has 1 aromatic carbocycles. The second-order valence-electron chi connectivity index (χ2n) is 6.30. The van der Waals surface area contributed by atoms with Crippen LogP contribution in [-0.4, -0.2) is 39.1 Å². The Labute approximate surface area is 154 Å². The third-order valence-electron chi connectivity index (χ3n) is 2.87. The van der Waals surface area contributed by atoms with Gasteiger partial charge in [0, 0.05) is 22.7 Å². The Morgan fingerprint density at radius 1 is 1.30 bits per heavy atom. The summed E-state index contributed by atoms with van der Waals surface area (Å²) in [5, 5.41) is 0. The minimum absolute atomic E-state index is 0.317. The van der Waals surface area contributed by atoms with E-state index >= 15 is 0 Å². The van der Waals surface area contributed by atoms with Crippen molar-refractivity contribution in [2.45, 2.75) is 26.2 Å². The molecular formula is C18H24INO2Si. The van der Waals surface area contributed by atoms with E-state index < -0.39 is 8.07 Å². The molecule has 0 heterocycles. The maximum atomic E-state index is 11.4. The summed E-state index contributed by atoms with van der Waals surface area (Å²) in [6.07, 6.45) is 1.53. The SMILES string of the molecule is COC(=O)/C=C(\I)CN(CC#C[Si](C)(C)C)Cc1ccccc1. The maximum Gasteiger partial charge on any atom is 0.331 e. The summed E-state index contributed by atoms with van der Waals surface area (Å²) in [6.45, 7) is 8.90. The first-order valence-corrected chi connectivity index (χ1v) is 12.1. The summed E-state index contributed by atoms with van der Waals surface area (Å²) >= 11 is 2.19. The van der Waals surface area contributed by atoms with Gasteiger partial charge in [-0.05, 0) is 28.2 Å². The summed E-state index contributed by atoms with van der Waals surface area (Å²) in [5.41, 5.74) is 4.64. The molecule has 0 aliphatic carbocycles. The van der Waals surface area contributed by atoms with E-state index in [1.165, 1.54) is 18.7 Å². The van der Waals surface area contributed by atoms with Gasteiger partial charge in [-0.3, -0.25) is 4.90 Å². The van der Waals surface area contributed by atoms with Crippen LogP contribution in [0.15, 0.2) is 40.0 Å². The predicted molar refractivity (Wildman–Crippen MR) is 107 cm³/mol. The third kappa shape index (κ3) is 9.59. The lowest BCUT2D eigenvalue weighted by molar-refractivity contribution is -0.134. The zero-order valence-electron chi connectivity index (χ0n) is 14.2. The number of hydrogen-bond donors (Lipinski definition) is 0. The molecule has 0 fully saturated rings. The lowest BCUT2D eigenvalue weighted by atomic mass is 10.2. The zero-order chi connectivity index (χ0) is 17.3. The minimum atomic E-state index is -1.37. The predicted octanol–water partition coefficient (Wildman–Crippen LogP) is 3.86. The molecular weight excluding hydrogens is 417 g/mol. The lowest BCUT2D eigenvalue weighted by Gasteiger charge is -2.20. The van der Waals surface area contributed by atoms with Crippen molar-refractivity contribution in [3.05, 3.63) is 45.6 Å². The lowest BCUT2D eigenvalue weighted by Crippen LogP contribution is -2.26. The number of carbonyl (C=O) groups is 1. The number of rotatable bonds is 6. The van der Waals surface area contributed by atoms with Crippen LogP contribution in [-0.2, 0) is 16.1 Å². The van der Waals surface area contributed by atoms with E-state index in [0.717, 1.165) is 10.1 Å². The van der Waals surface area contributed by atoms with Crippen LogP contribution in [0, 0.1) is 11.5 Å². The van der Waals surface area contributed by atoms with Crippen LogP contribution < -0.4 is 0 Å². The van der Waals surface area contributed by atoms with Gasteiger partial charge in [-0.15, -0.1) is 5.54 Å². The molecule has 0 aromatic heterocycles. The molecule has 5 heteroatoms. The van der Waals surface area contributed by atoms with Gasteiger partial charge in [0.1, 0.15) is 8.07 Å². The van der Waals surface area contributed by atoms with Crippen LogP contribution in [0.4, 0.5) is 0 Å². The van der Waals surface area contributed by atoms with E-state index in [4.69, 9.17) is 0 Å². The molecule has 0 N–H and O–H groups in total. The number of hydrogen-bond acceptors (Lipinski definition) is 3. The third-order valence-corrected chi connectivity index (χ3v) is 4.44. The molecule has 1 rings (SSSR count). The summed E-state index contributed by atoms with van der Waals surface area (Å²) < 4.78 is 5.63. The van der Waals surface area contributed by atoms with Crippen LogP contribution in [0.5, 0.6) is 0 Å². The Hall–Kier alpha value is -1.10. The van der Waals surface area contributed by atoms with Crippen molar-refractivity contribution in [3.8, 4) is 11.5 Å². The Bertz CT molecular complexity index is 597. The summed E-state index contributed by atoms with van der Waals surface area (Å²) in [6, 6.07) is 10.3. The van der Waals surface area contributed by atoms with E-state index in [2.05, 4.69) is 75.5 Å². The first-order valence-electron chi connectivity index (χ1n) is 7.50. The van der Waals surface area contributed by atoms with E-state index in [9.17, 15) is 4.79 Å². The number of ether oxygens (including phenoxy) is 1. The van der Waals surface area contributed by atoms with Crippen LogP contribution in [0.2, 0.25) is 19.6 Å². The van der Waals surface area contributed by atoms with Gasteiger partial charge >= 0.3 is 5.97 Å². The standard InChI is InChI=1S/C18H24INO2Si/c1-22-18(21)13-17(19)15-20(11-8-12-23(2,3)4)14-16-9-6-5-7-10-16/h5-7,9-10,13H,11,14-15H2,1-4H3/b17-13-. The second kappa shape index (κ2) is 9.91. The fourth-order valence-electron chi connectivity index (χ4n) is 1.87. The summed E-state index contributed by atoms with van der Waals surface area (Å²) in [5.74, 6) is 2.99. The quantitative estimate of drug-likeness (QED) is 0.221. The van der Waals surface area contributed by atoms with Gasteiger partial charge in [-0.1, -0.05) is 55.9 Å². The van der Waals surface area contributed by atoms with Gasteiger partial charge in [-0.2, -0.15) is 0 Å². The van der Waals surface area contributed by atoms with E-state index in [-0.39, 0.29) is 5.97 Å². The molecule has 124 valence electrons. The van der Waals surface area contributed by atoms with Gasteiger partial charge in [0.25, 0.3) is 0 Å². The van der Waals surface area contributed by atoms with Crippen molar-refractivity contribution < 1.29 is 9.53 Å². The summed E-state index contributed by atoms with van der Waals surface area (Å²) in [4.78, 5) is 13.6. The largest absolute Gasteiger partial charge is 0.466 e. The van der Waals surface area contributed by atoms with Crippen molar-refractivity contribution >= 4 is 36.6 Å². The highest BCUT2D eigenvalue weighted by Gasteiger charge is 2.10. The Balaban J connectivity index is 2.81. The molecule has 0 aliphatic heterocycles. The molecule has 0 spiro atoms.